The number of fused-ring (bicyclic) bond motifs is 3. The maximum Gasteiger partial charge on any atom is 0.219 e. The molecule has 0 spiro atoms. The first-order valence-electron chi connectivity index (χ1n) is 12.6. The zero-order chi connectivity index (χ0) is 25.1. The molecule has 1 N–H and O–H groups in total. The normalized spacial score (nSPS) is 19.8. The number of hydrogen-bond acceptors (Lipinski definition) is 7. The Morgan fingerprint density at radius 3 is 2.89 bits per heavy atom. The molecule has 190 valence electrons. The Kier molecular flexibility index (Phi) is 5.40. The maximum absolute atomic E-state index is 15.2. The maximum atomic E-state index is 15.2. The fourth-order valence-corrected chi connectivity index (χ4v) is 6.85. The highest BCUT2D eigenvalue weighted by Gasteiger charge is 2.34. The number of carbonyl (C=O) groups excluding carboxylic acids is 1. The van der Waals surface area contributed by atoms with Crippen molar-refractivity contribution >= 4 is 44.2 Å². The molecule has 3 aromatic heterocycles. The highest BCUT2D eigenvalue weighted by atomic mass is 32.1. The van der Waals surface area contributed by atoms with Crippen LogP contribution in [0, 0.1) is 11.7 Å². The van der Waals surface area contributed by atoms with Gasteiger partial charge in [0.05, 0.1) is 35.5 Å². The van der Waals surface area contributed by atoms with Crippen LogP contribution in [0.2, 0.25) is 0 Å². The molecular weight excluding hydrogens is 491 g/mol. The van der Waals surface area contributed by atoms with Gasteiger partial charge in [-0.2, -0.15) is 0 Å². The summed E-state index contributed by atoms with van der Waals surface area (Å²) in [7, 11) is 0. The standard InChI is InChI=1S/C27H27FN6O2S/c1-16(35)34-13-17-11-32(12-18(17)14-34)15-19-10-23-25(37-19)27(33-6-8-36-9-7-33)31-26(30-23)24-20-4-5-29-22(20)3-2-21(24)28/h2-5,10-11,18,29H,6-9,12-15H2,1H3. The van der Waals surface area contributed by atoms with Crippen LogP contribution < -0.4 is 4.90 Å². The van der Waals surface area contributed by atoms with Crippen LogP contribution in [0.1, 0.15) is 11.8 Å². The van der Waals surface area contributed by atoms with Gasteiger partial charge in [0.1, 0.15) is 5.82 Å². The summed E-state index contributed by atoms with van der Waals surface area (Å²) in [5, 5.41) is 0.776. The number of halogens is 1. The number of aromatic amines is 1. The number of benzene rings is 1. The Morgan fingerprint density at radius 2 is 2.08 bits per heavy atom. The van der Waals surface area contributed by atoms with Crippen LogP contribution in [-0.2, 0) is 16.1 Å². The van der Waals surface area contributed by atoms with Gasteiger partial charge in [0, 0.05) is 73.7 Å². The van der Waals surface area contributed by atoms with Crippen LogP contribution in [0.15, 0.2) is 42.2 Å². The average Bonchev–Trinajstić information content (AvgIpc) is 3.66. The third-order valence-electron chi connectivity index (χ3n) is 7.57. The first-order valence-corrected chi connectivity index (χ1v) is 13.4. The van der Waals surface area contributed by atoms with Gasteiger partial charge in [-0.3, -0.25) is 4.79 Å². The largest absolute Gasteiger partial charge is 0.378 e. The molecule has 7 rings (SSSR count). The van der Waals surface area contributed by atoms with Crippen molar-refractivity contribution in [1.29, 1.82) is 0 Å². The topological polar surface area (TPSA) is 77.6 Å². The van der Waals surface area contributed by atoms with E-state index in [1.54, 1.807) is 24.3 Å². The molecule has 1 aromatic carbocycles. The fourth-order valence-electron chi connectivity index (χ4n) is 5.72. The number of amides is 1. The molecule has 3 aliphatic heterocycles. The Hall–Kier alpha value is -3.50. The number of rotatable bonds is 4. The minimum Gasteiger partial charge on any atom is -0.378 e. The zero-order valence-corrected chi connectivity index (χ0v) is 21.4. The first kappa shape index (κ1) is 22.7. The molecule has 1 unspecified atom stereocenters. The van der Waals surface area contributed by atoms with E-state index in [1.165, 1.54) is 16.5 Å². The molecule has 2 saturated heterocycles. The average molecular weight is 519 g/mol. The second-order valence-electron chi connectivity index (χ2n) is 9.99. The van der Waals surface area contributed by atoms with E-state index in [1.807, 2.05) is 17.2 Å². The summed E-state index contributed by atoms with van der Waals surface area (Å²) in [6, 6.07) is 7.21. The predicted octanol–water partition coefficient (Wildman–Crippen LogP) is 3.99. The van der Waals surface area contributed by atoms with E-state index in [9.17, 15) is 4.79 Å². The van der Waals surface area contributed by atoms with Gasteiger partial charge in [0.15, 0.2) is 11.6 Å². The van der Waals surface area contributed by atoms with Crippen LogP contribution >= 0.6 is 11.3 Å². The van der Waals surface area contributed by atoms with E-state index in [0.717, 1.165) is 66.2 Å². The van der Waals surface area contributed by atoms with E-state index in [0.29, 0.717) is 30.5 Å². The van der Waals surface area contributed by atoms with Crippen molar-refractivity contribution in [3.8, 4) is 11.4 Å². The number of hydrogen-bond donors (Lipinski definition) is 1. The summed E-state index contributed by atoms with van der Waals surface area (Å²) < 4.78 is 21.8. The lowest BCUT2D eigenvalue weighted by atomic mass is 10.1. The van der Waals surface area contributed by atoms with Crippen molar-refractivity contribution in [1.82, 2.24) is 24.8 Å². The van der Waals surface area contributed by atoms with Crippen molar-refractivity contribution in [2.45, 2.75) is 13.5 Å². The molecule has 2 fully saturated rings. The summed E-state index contributed by atoms with van der Waals surface area (Å²) in [6.07, 6.45) is 4.03. The summed E-state index contributed by atoms with van der Waals surface area (Å²) in [6.45, 7) is 7.62. The van der Waals surface area contributed by atoms with Gasteiger partial charge in [-0.1, -0.05) is 0 Å². The van der Waals surface area contributed by atoms with Gasteiger partial charge < -0.3 is 24.4 Å². The third-order valence-corrected chi connectivity index (χ3v) is 8.67. The quantitative estimate of drug-likeness (QED) is 0.440. The molecule has 4 aromatic rings. The Bertz CT molecular complexity index is 1560. The summed E-state index contributed by atoms with van der Waals surface area (Å²) in [5.41, 5.74) is 3.46. The number of morpholine rings is 1. The Morgan fingerprint density at radius 1 is 1.22 bits per heavy atom. The summed E-state index contributed by atoms with van der Waals surface area (Å²) in [5.74, 6) is 1.48. The molecule has 0 aliphatic carbocycles. The van der Waals surface area contributed by atoms with Gasteiger partial charge in [-0.15, -0.1) is 11.3 Å². The van der Waals surface area contributed by atoms with E-state index in [-0.39, 0.29) is 11.7 Å². The van der Waals surface area contributed by atoms with Gasteiger partial charge in [-0.25, -0.2) is 14.4 Å². The Balaban J connectivity index is 1.27. The van der Waals surface area contributed by atoms with Crippen molar-refractivity contribution in [3.63, 3.8) is 0 Å². The molecule has 0 bridgehead atoms. The van der Waals surface area contributed by atoms with Crippen LogP contribution in [0.5, 0.6) is 0 Å². The smallest absolute Gasteiger partial charge is 0.219 e. The number of thiophene rings is 1. The minimum atomic E-state index is -0.329. The summed E-state index contributed by atoms with van der Waals surface area (Å²) in [4.78, 5) is 32.4. The van der Waals surface area contributed by atoms with Crippen LogP contribution in [0.4, 0.5) is 10.2 Å². The van der Waals surface area contributed by atoms with Gasteiger partial charge in [0.2, 0.25) is 5.91 Å². The molecule has 0 radical (unpaired) electrons. The molecule has 3 aliphatic rings. The molecule has 10 heteroatoms. The van der Waals surface area contributed by atoms with Crippen LogP contribution in [0.25, 0.3) is 32.5 Å². The molecule has 6 heterocycles. The number of anilines is 1. The summed E-state index contributed by atoms with van der Waals surface area (Å²) >= 11 is 1.71. The monoisotopic (exact) mass is 518 g/mol. The lowest BCUT2D eigenvalue weighted by molar-refractivity contribution is -0.127. The predicted molar refractivity (Wildman–Crippen MR) is 142 cm³/mol. The zero-order valence-electron chi connectivity index (χ0n) is 20.5. The SMILES string of the molecule is CC(=O)N1CC2=CN(Cc3cc4nc(-c5c(F)ccc6[nH]ccc56)nc(N5CCOCC5)c4s3)CC2C1. The number of nitrogens with zero attached hydrogens (tertiary/aromatic N) is 5. The minimum absolute atomic E-state index is 0.142. The highest BCUT2D eigenvalue weighted by Crippen LogP contribution is 2.38. The highest BCUT2D eigenvalue weighted by molar-refractivity contribution is 7.19. The number of carbonyl (C=O) groups is 1. The number of likely N-dealkylation sites (tertiary alicyclic amines) is 1. The number of nitrogens with one attached hydrogen (secondary N) is 1. The van der Waals surface area contributed by atoms with E-state index in [2.05, 4.69) is 27.1 Å². The first-order chi connectivity index (χ1) is 18.0. The lowest BCUT2D eigenvalue weighted by Gasteiger charge is -2.28. The second kappa shape index (κ2) is 8.81. The van der Waals surface area contributed by atoms with Crippen molar-refractivity contribution in [2.75, 3.05) is 50.8 Å². The number of H-pyrrole nitrogens is 1. The second-order valence-corrected chi connectivity index (χ2v) is 11.1. The molecular formula is C27H27FN6O2S. The van der Waals surface area contributed by atoms with Crippen molar-refractivity contribution in [2.24, 2.45) is 5.92 Å². The van der Waals surface area contributed by atoms with Crippen LogP contribution in [-0.4, -0.2) is 76.6 Å². The van der Waals surface area contributed by atoms with Gasteiger partial charge in [-0.05, 0) is 29.8 Å². The third kappa shape index (κ3) is 3.95. The Labute approximate surface area is 217 Å². The van der Waals surface area contributed by atoms with Crippen molar-refractivity contribution < 1.29 is 13.9 Å². The molecule has 1 atom stereocenters. The van der Waals surface area contributed by atoms with E-state index >= 15 is 4.39 Å². The van der Waals surface area contributed by atoms with E-state index in [4.69, 9.17) is 14.7 Å². The van der Waals surface area contributed by atoms with E-state index < -0.39 is 0 Å². The molecule has 37 heavy (non-hydrogen) atoms. The lowest BCUT2D eigenvalue weighted by Crippen LogP contribution is -2.36. The van der Waals surface area contributed by atoms with Crippen molar-refractivity contribution in [3.05, 3.63) is 52.9 Å². The molecule has 1 amide bonds. The van der Waals surface area contributed by atoms with Gasteiger partial charge in [0.25, 0.3) is 0 Å². The molecule has 8 nitrogen and oxygen atoms in total. The van der Waals surface area contributed by atoms with Crippen LogP contribution in [0.3, 0.4) is 0 Å². The fraction of sp³-hybridized carbons (Fsp3) is 0.370. The number of ether oxygens (including phenoxy) is 1. The van der Waals surface area contributed by atoms with Gasteiger partial charge >= 0.3 is 0 Å². The molecule has 0 saturated carbocycles. The number of aromatic nitrogens is 3.